The first kappa shape index (κ1) is 15.9. The number of nitrogens with one attached hydrogen (secondary N) is 1. The molecule has 0 atom stereocenters. The summed E-state index contributed by atoms with van der Waals surface area (Å²) in [6, 6.07) is 6.79. The Balaban J connectivity index is 2.24. The Bertz CT molecular complexity index is 701. The van der Waals surface area contributed by atoms with Gasteiger partial charge in [-0.2, -0.15) is 0 Å². The van der Waals surface area contributed by atoms with E-state index in [-0.39, 0.29) is 23.0 Å². The van der Waals surface area contributed by atoms with Crippen molar-refractivity contribution in [2.75, 3.05) is 5.32 Å². The Kier molecular flexibility index (Phi) is 4.13. The molecule has 0 saturated heterocycles. The lowest BCUT2D eigenvalue weighted by molar-refractivity contribution is -0.115. The quantitative estimate of drug-likeness (QED) is 0.686. The molecule has 4 nitrogen and oxygen atoms in total. The predicted octanol–water partition coefficient (Wildman–Crippen LogP) is 3.31. The van der Waals surface area contributed by atoms with E-state index in [1.165, 1.54) is 19.1 Å². The van der Waals surface area contributed by atoms with Crippen molar-refractivity contribution in [3.8, 4) is 0 Å². The molecule has 0 aromatic heterocycles. The van der Waals surface area contributed by atoms with Crippen LogP contribution in [0.1, 0.15) is 38.1 Å². The molecule has 0 saturated carbocycles. The summed E-state index contributed by atoms with van der Waals surface area (Å²) in [6.07, 6.45) is 2.70. The first-order chi connectivity index (χ1) is 10.2. The van der Waals surface area contributed by atoms with Crippen LogP contribution in [0.25, 0.3) is 0 Å². The summed E-state index contributed by atoms with van der Waals surface area (Å²) in [4.78, 5) is 35.6. The van der Waals surface area contributed by atoms with Crippen molar-refractivity contribution in [3.05, 3.63) is 53.3 Å². The first-order valence-electron chi connectivity index (χ1n) is 7.09. The fraction of sp³-hybridized carbons (Fsp3) is 0.278. The molecule has 1 aliphatic carbocycles. The molecule has 0 bridgehead atoms. The zero-order valence-electron chi connectivity index (χ0n) is 13.2. The summed E-state index contributed by atoms with van der Waals surface area (Å²) in [5.74, 6) is -0.400. The monoisotopic (exact) mass is 297 g/mol. The third-order valence-corrected chi connectivity index (χ3v) is 3.44. The maximum absolute atomic E-state index is 12.5. The molecular formula is C18H19NO3. The van der Waals surface area contributed by atoms with Gasteiger partial charge in [0.25, 0.3) is 0 Å². The highest BCUT2D eigenvalue weighted by Crippen LogP contribution is 2.30. The van der Waals surface area contributed by atoms with Crippen molar-refractivity contribution < 1.29 is 14.4 Å². The van der Waals surface area contributed by atoms with Crippen molar-refractivity contribution in [2.45, 2.75) is 27.7 Å². The summed E-state index contributed by atoms with van der Waals surface area (Å²) in [5, 5.41) is 2.97. The minimum atomic E-state index is -0.396. The lowest BCUT2D eigenvalue weighted by atomic mass is 9.80. The SMILES string of the molecule is CC(=O)c1ccc(NC2=CC(=O)C=C(C(C)(C)C)C2=O)cc1. The van der Waals surface area contributed by atoms with Crippen LogP contribution in [0.2, 0.25) is 0 Å². The smallest absolute Gasteiger partial charge is 0.205 e. The number of Topliss-reactive ketones (excluding diaryl/α,β-unsaturated/α-hetero) is 2. The van der Waals surface area contributed by atoms with Gasteiger partial charge in [0.05, 0.1) is 5.70 Å². The topological polar surface area (TPSA) is 63.2 Å². The molecule has 1 aromatic rings. The maximum Gasteiger partial charge on any atom is 0.205 e. The molecule has 0 radical (unpaired) electrons. The van der Waals surface area contributed by atoms with E-state index < -0.39 is 5.41 Å². The molecule has 0 fully saturated rings. The van der Waals surface area contributed by atoms with Crippen LogP contribution in [0.15, 0.2) is 47.7 Å². The molecule has 22 heavy (non-hydrogen) atoms. The molecule has 114 valence electrons. The van der Waals surface area contributed by atoms with Crippen LogP contribution in [0.3, 0.4) is 0 Å². The molecule has 0 aliphatic heterocycles. The van der Waals surface area contributed by atoms with Crippen molar-refractivity contribution in [2.24, 2.45) is 5.41 Å². The van der Waals surface area contributed by atoms with Crippen molar-refractivity contribution in [1.82, 2.24) is 0 Å². The van der Waals surface area contributed by atoms with Gasteiger partial charge in [-0.15, -0.1) is 0 Å². The lowest BCUT2D eigenvalue weighted by Crippen LogP contribution is -2.27. The van der Waals surface area contributed by atoms with Gasteiger partial charge in [-0.05, 0) is 42.7 Å². The highest BCUT2D eigenvalue weighted by molar-refractivity contribution is 6.21. The van der Waals surface area contributed by atoms with Crippen LogP contribution < -0.4 is 5.32 Å². The molecule has 0 amide bonds. The third kappa shape index (κ3) is 3.39. The van der Waals surface area contributed by atoms with E-state index >= 15 is 0 Å². The maximum atomic E-state index is 12.5. The van der Waals surface area contributed by atoms with E-state index in [1.54, 1.807) is 24.3 Å². The van der Waals surface area contributed by atoms with E-state index in [1.807, 2.05) is 20.8 Å². The number of hydrogen-bond donors (Lipinski definition) is 1. The van der Waals surface area contributed by atoms with Gasteiger partial charge in [0.2, 0.25) is 5.78 Å². The van der Waals surface area contributed by atoms with Crippen LogP contribution in [0.5, 0.6) is 0 Å². The Hall–Kier alpha value is -2.49. The van der Waals surface area contributed by atoms with Crippen molar-refractivity contribution >= 4 is 23.0 Å². The van der Waals surface area contributed by atoms with E-state index in [4.69, 9.17) is 0 Å². The zero-order valence-corrected chi connectivity index (χ0v) is 13.2. The van der Waals surface area contributed by atoms with Crippen molar-refractivity contribution in [3.63, 3.8) is 0 Å². The van der Waals surface area contributed by atoms with Gasteiger partial charge in [-0.1, -0.05) is 20.8 Å². The second-order valence-corrected chi connectivity index (χ2v) is 6.36. The Morgan fingerprint density at radius 3 is 2.09 bits per heavy atom. The van der Waals surface area contributed by atoms with Crippen LogP contribution in [-0.2, 0) is 9.59 Å². The minimum Gasteiger partial charge on any atom is -0.352 e. The van der Waals surface area contributed by atoms with Crippen LogP contribution in [-0.4, -0.2) is 17.3 Å². The number of anilines is 1. The van der Waals surface area contributed by atoms with E-state index in [0.717, 1.165) is 0 Å². The summed E-state index contributed by atoms with van der Waals surface area (Å²) in [7, 11) is 0. The number of rotatable bonds is 3. The van der Waals surface area contributed by atoms with Gasteiger partial charge < -0.3 is 5.32 Å². The van der Waals surface area contributed by atoms with E-state index in [0.29, 0.717) is 16.8 Å². The largest absolute Gasteiger partial charge is 0.352 e. The molecular weight excluding hydrogens is 278 g/mol. The number of hydrogen-bond acceptors (Lipinski definition) is 4. The van der Waals surface area contributed by atoms with Crippen LogP contribution in [0, 0.1) is 5.41 Å². The van der Waals surface area contributed by atoms with Gasteiger partial charge in [0.1, 0.15) is 0 Å². The molecule has 4 heteroatoms. The summed E-state index contributed by atoms with van der Waals surface area (Å²) >= 11 is 0. The standard InChI is InChI=1S/C18H19NO3/c1-11(20)12-5-7-13(8-6-12)19-16-10-14(21)9-15(17(16)22)18(2,3)4/h5-10,19H,1-4H3. The Morgan fingerprint density at radius 1 is 1.00 bits per heavy atom. The fourth-order valence-electron chi connectivity index (χ4n) is 2.20. The second-order valence-electron chi connectivity index (χ2n) is 6.36. The second kappa shape index (κ2) is 5.72. The number of allylic oxidation sites excluding steroid dienone is 3. The first-order valence-corrected chi connectivity index (χ1v) is 7.09. The number of ketones is 3. The minimum absolute atomic E-state index is 0.0207. The highest BCUT2D eigenvalue weighted by atomic mass is 16.1. The molecule has 0 unspecified atom stereocenters. The van der Waals surface area contributed by atoms with E-state index in [2.05, 4.69) is 5.32 Å². The average molecular weight is 297 g/mol. The molecule has 0 heterocycles. The number of carbonyl (C=O) groups is 3. The molecule has 1 aliphatic rings. The van der Waals surface area contributed by atoms with Gasteiger partial charge in [-0.3, -0.25) is 14.4 Å². The normalized spacial score (nSPS) is 15.3. The molecule has 1 aromatic carbocycles. The lowest BCUT2D eigenvalue weighted by Gasteiger charge is -2.25. The number of carbonyl (C=O) groups excluding carboxylic acids is 3. The molecule has 0 spiro atoms. The van der Waals surface area contributed by atoms with Crippen molar-refractivity contribution in [1.29, 1.82) is 0 Å². The van der Waals surface area contributed by atoms with Gasteiger partial charge in [-0.25, -0.2) is 0 Å². The third-order valence-electron chi connectivity index (χ3n) is 3.44. The highest BCUT2D eigenvalue weighted by Gasteiger charge is 2.30. The number of benzene rings is 1. The summed E-state index contributed by atoms with van der Waals surface area (Å²) in [6.45, 7) is 7.19. The fourth-order valence-corrected chi connectivity index (χ4v) is 2.20. The predicted molar refractivity (Wildman–Crippen MR) is 85.7 cm³/mol. The zero-order chi connectivity index (χ0) is 16.5. The summed E-state index contributed by atoms with van der Waals surface area (Å²) in [5.41, 5.74) is 1.61. The van der Waals surface area contributed by atoms with E-state index in [9.17, 15) is 14.4 Å². The van der Waals surface area contributed by atoms with Gasteiger partial charge in [0, 0.05) is 22.9 Å². The van der Waals surface area contributed by atoms with Gasteiger partial charge in [0.15, 0.2) is 11.6 Å². The molecule has 2 rings (SSSR count). The Labute approximate surface area is 129 Å². The van der Waals surface area contributed by atoms with Crippen LogP contribution >= 0.6 is 0 Å². The molecule has 1 N–H and O–H groups in total. The van der Waals surface area contributed by atoms with Crippen LogP contribution in [0.4, 0.5) is 5.69 Å². The summed E-state index contributed by atoms with van der Waals surface area (Å²) < 4.78 is 0. The average Bonchev–Trinajstić information content (AvgIpc) is 2.42. The Morgan fingerprint density at radius 2 is 1.59 bits per heavy atom. The van der Waals surface area contributed by atoms with Gasteiger partial charge >= 0.3 is 0 Å².